The maximum absolute atomic E-state index is 6.27. The first-order chi connectivity index (χ1) is 10.1. The van der Waals surface area contributed by atoms with Gasteiger partial charge in [0, 0.05) is 10.0 Å². The van der Waals surface area contributed by atoms with Gasteiger partial charge in [0.2, 0.25) is 5.79 Å². The molecule has 1 fully saturated rings. The van der Waals surface area contributed by atoms with Crippen molar-refractivity contribution in [1.82, 2.24) is 0 Å². The minimum absolute atomic E-state index is 0.0445. The Bertz CT molecular complexity index is 610. The highest BCUT2D eigenvalue weighted by Crippen LogP contribution is 2.41. The van der Waals surface area contributed by atoms with Crippen molar-refractivity contribution >= 4 is 31.9 Å². The first kappa shape index (κ1) is 15.2. The predicted molar refractivity (Wildman–Crippen MR) is 90.6 cm³/mol. The monoisotopic (exact) mass is 410 g/mol. The van der Waals surface area contributed by atoms with Gasteiger partial charge in [-0.25, -0.2) is 0 Å². The van der Waals surface area contributed by atoms with Crippen LogP contribution in [-0.4, -0.2) is 11.9 Å². The fourth-order valence-electron chi connectivity index (χ4n) is 2.46. The third-order valence-electron chi connectivity index (χ3n) is 3.71. The van der Waals surface area contributed by atoms with Crippen molar-refractivity contribution in [1.29, 1.82) is 0 Å². The SMILES string of the molecule is Cc1ccc([C@@]2(CBr)OC[C@@H](c3ccc(Br)cc3)O2)cc1. The zero-order valence-corrected chi connectivity index (χ0v) is 14.9. The molecule has 0 aliphatic carbocycles. The Balaban J connectivity index is 1.85. The number of hydrogen-bond acceptors (Lipinski definition) is 2. The Morgan fingerprint density at radius 1 is 1.10 bits per heavy atom. The van der Waals surface area contributed by atoms with Gasteiger partial charge in [0.1, 0.15) is 6.10 Å². The average Bonchev–Trinajstić information content (AvgIpc) is 2.94. The van der Waals surface area contributed by atoms with Gasteiger partial charge < -0.3 is 9.47 Å². The van der Waals surface area contributed by atoms with Crippen LogP contribution in [-0.2, 0) is 15.3 Å². The van der Waals surface area contributed by atoms with E-state index in [4.69, 9.17) is 9.47 Å². The number of ether oxygens (including phenoxy) is 2. The second kappa shape index (κ2) is 6.21. The van der Waals surface area contributed by atoms with Gasteiger partial charge in [-0.15, -0.1) is 0 Å². The summed E-state index contributed by atoms with van der Waals surface area (Å²) in [6, 6.07) is 16.5. The molecule has 0 radical (unpaired) electrons. The molecule has 1 saturated heterocycles. The highest BCUT2D eigenvalue weighted by atomic mass is 79.9. The number of halogens is 2. The van der Waals surface area contributed by atoms with E-state index >= 15 is 0 Å². The topological polar surface area (TPSA) is 18.5 Å². The molecule has 0 N–H and O–H groups in total. The molecule has 21 heavy (non-hydrogen) atoms. The molecule has 2 aromatic carbocycles. The number of rotatable bonds is 3. The molecule has 1 aliphatic heterocycles. The molecule has 2 atom stereocenters. The van der Waals surface area contributed by atoms with Crippen molar-refractivity contribution in [2.75, 3.05) is 11.9 Å². The number of benzene rings is 2. The normalized spacial score (nSPS) is 25.2. The maximum Gasteiger partial charge on any atom is 0.205 e. The van der Waals surface area contributed by atoms with Crippen LogP contribution < -0.4 is 0 Å². The lowest BCUT2D eigenvalue weighted by molar-refractivity contribution is -0.157. The molecule has 0 saturated carbocycles. The fraction of sp³-hybridized carbons (Fsp3) is 0.294. The second-order valence-corrected chi connectivity index (χ2v) is 6.70. The first-order valence-electron chi connectivity index (χ1n) is 6.83. The lowest BCUT2D eigenvalue weighted by Crippen LogP contribution is -2.29. The highest BCUT2D eigenvalue weighted by molar-refractivity contribution is 9.10. The first-order valence-corrected chi connectivity index (χ1v) is 8.75. The van der Waals surface area contributed by atoms with Gasteiger partial charge in [-0.2, -0.15) is 0 Å². The molecule has 4 heteroatoms. The Morgan fingerprint density at radius 2 is 1.76 bits per heavy atom. The van der Waals surface area contributed by atoms with Crippen molar-refractivity contribution in [3.63, 3.8) is 0 Å². The van der Waals surface area contributed by atoms with Gasteiger partial charge in [0.05, 0.1) is 11.9 Å². The van der Waals surface area contributed by atoms with Crippen LogP contribution in [0.15, 0.2) is 53.0 Å². The summed E-state index contributed by atoms with van der Waals surface area (Å²) in [6.45, 7) is 2.63. The Hall–Kier alpha value is -0.680. The predicted octanol–water partition coefficient (Wildman–Crippen LogP) is 5.09. The van der Waals surface area contributed by atoms with Crippen LogP contribution >= 0.6 is 31.9 Å². The van der Waals surface area contributed by atoms with Crippen LogP contribution in [0.5, 0.6) is 0 Å². The van der Waals surface area contributed by atoms with E-state index < -0.39 is 5.79 Å². The molecule has 1 aliphatic rings. The van der Waals surface area contributed by atoms with E-state index in [-0.39, 0.29) is 6.10 Å². The molecule has 3 rings (SSSR count). The van der Waals surface area contributed by atoms with Crippen LogP contribution in [0.4, 0.5) is 0 Å². The van der Waals surface area contributed by atoms with E-state index in [0.29, 0.717) is 11.9 Å². The van der Waals surface area contributed by atoms with Crippen molar-refractivity contribution < 1.29 is 9.47 Å². The summed E-state index contributed by atoms with van der Waals surface area (Å²) in [6.07, 6.45) is -0.0445. The number of aryl methyl sites for hydroxylation is 1. The standard InChI is InChI=1S/C17H16Br2O2/c1-12-2-6-14(7-3-12)17(11-18)20-10-16(21-17)13-4-8-15(19)9-5-13/h2-9,16H,10-11H2,1H3/t16-,17-/m0/s1. The van der Waals surface area contributed by atoms with E-state index in [9.17, 15) is 0 Å². The zero-order chi connectivity index (χ0) is 14.9. The van der Waals surface area contributed by atoms with Gasteiger partial charge in [-0.05, 0) is 24.6 Å². The Morgan fingerprint density at radius 3 is 2.38 bits per heavy atom. The van der Waals surface area contributed by atoms with Crippen LogP contribution in [0.25, 0.3) is 0 Å². The van der Waals surface area contributed by atoms with Crippen LogP contribution in [0.3, 0.4) is 0 Å². The zero-order valence-electron chi connectivity index (χ0n) is 11.7. The quantitative estimate of drug-likeness (QED) is 0.654. The van der Waals surface area contributed by atoms with Crippen molar-refractivity contribution in [3.8, 4) is 0 Å². The van der Waals surface area contributed by atoms with Gasteiger partial charge in [0.15, 0.2) is 0 Å². The molecular formula is C17H16Br2O2. The molecule has 110 valence electrons. The van der Waals surface area contributed by atoms with Crippen LogP contribution in [0.2, 0.25) is 0 Å². The molecule has 0 unspecified atom stereocenters. The summed E-state index contributed by atoms with van der Waals surface area (Å²) in [4.78, 5) is 0. The molecule has 0 bridgehead atoms. The molecule has 0 amide bonds. The van der Waals surface area contributed by atoms with Crippen LogP contribution in [0.1, 0.15) is 22.8 Å². The van der Waals surface area contributed by atoms with Gasteiger partial charge in [-0.3, -0.25) is 0 Å². The Labute approximate surface area is 141 Å². The van der Waals surface area contributed by atoms with Crippen LogP contribution in [0, 0.1) is 6.92 Å². The molecule has 2 nitrogen and oxygen atoms in total. The fourth-order valence-corrected chi connectivity index (χ4v) is 3.34. The molecule has 0 aromatic heterocycles. The lowest BCUT2D eigenvalue weighted by Gasteiger charge is -2.26. The van der Waals surface area contributed by atoms with E-state index in [1.807, 2.05) is 12.1 Å². The lowest BCUT2D eigenvalue weighted by atomic mass is 10.1. The number of alkyl halides is 1. The highest BCUT2D eigenvalue weighted by Gasteiger charge is 2.42. The van der Waals surface area contributed by atoms with Crippen molar-refractivity contribution in [2.45, 2.75) is 18.8 Å². The third-order valence-corrected chi connectivity index (χ3v) is 4.98. The largest absolute Gasteiger partial charge is 0.342 e. The van der Waals surface area contributed by atoms with E-state index in [1.165, 1.54) is 5.56 Å². The van der Waals surface area contributed by atoms with E-state index in [2.05, 4.69) is 75.2 Å². The summed E-state index contributed by atoms with van der Waals surface area (Å²) in [5.41, 5.74) is 3.41. The molecule has 2 aromatic rings. The average molecular weight is 412 g/mol. The summed E-state index contributed by atoms with van der Waals surface area (Å²) in [7, 11) is 0. The van der Waals surface area contributed by atoms with Gasteiger partial charge >= 0.3 is 0 Å². The minimum atomic E-state index is -0.703. The second-order valence-electron chi connectivity index (χ2n) is 5.22. The van der Waals surface area contributed by atoms with Gasteiger partial charge in [0.25, 0.3) is 0 Å². The summed E-state index contributed by atoms with van der Waals surface area (Å²) in [5, 5.41) is 0.607. The summed E-state index contributed by atoms with van der Waals surface area (Å²) >= 11 is 7.00. The molecule has 0 spiro atoms. The van der Waals surface area contributed by atoms with Crippen molar-refractivity contribution in [2.24, 2.45) is 0 Å². The van der Waals surface area contributed by atoms with E-state index in [1.54, 1.807) is 0 Å². The minimum Gasteiger partial charge on any atom is -0.342 e. The summed E-state index contributed by atoms with van der Waals surface area (Å²) in [5.74, 6) is -0.703. The maximum atomic E-state index is 6.27. The third kappa shape index (κ3) is 3.09. The van der Waals surface area contributed by atoms with Gasteiger partial charge in [-0.1, -0.05) is 73.8 Å². The van der Waals surface area contributed by atoms with Crippen molar-refractivity contribution in [3.05, 3.63) is 69.7 Å². The molecule has 1 heterocycles. The smallest absolute Gasteiger partial charge is 0.205 e. The Kier molecular flexibility index (Phi) is 4.50. The summed E-state index contributed by atoms with van der Waals surface area (Å²) < 4.78 is 13.4. The van der Waals surface area contributed by atoms with E-state index in [0.717, 1.165) is 15.6 Å². The molecular weight excluding hydrogens is 396 g/mol. The number of hydrogen-bond donors (Lipinski definition) is 0.